The van der Waals surface area contributed by atoms with E-state index in [2.05, 4.69) is 15.6 Å². The van der Waals surface area contributed by atoms with E-state index in [-0.39, 0.29) is 22.6 Å². The van der Waals surface area contributed by atoms with Crippen LogP contribution in [-0.4, -0.2) is 35.7 Å². The van der Waals surface area contributed by atoms with E-state index in [0.29, 0.717) is 29.4 Å². The average Bonchev–Trinajstić information content (AvgIpc) is 3.23. The first-order chi connectivity index (χ1) is 16.5. The van der Waals surface area contributed by atoms with Crippen molar-refractivity contribution in [3.05, 3.63) is 82.3 Å². The van der Waals surface area contributed by atoms with E-state index in [4.69, 9.17) is 27.9 Å². The Kier molecular flexibility index (Phi) is 8.29. The Morgan fingerprint density at radius 1 is 1.03 bits per heavy atom. The van der Waals surface area contributed by atoms with Gasteiger partial charge in [-0.1, -0.05) is 53.2 Å². The molecule has 0 aliphatic heterocycles. The number of carbonyl (C=O) groups excluding carboxylic acids is 2. The van der Waals surface area contributed by atoms with Gasteiger partial charge in [0.05, 0.1) is 33.1 Å². The zero-order valence-electron chi connectivity index (χ0n) is 17.7. The Morgan fingerprint density at radius 3 is 2.65 bits per heavy atom. The Bertz CT molecular complexity index is 1320. The number of carbonyl (C=O) groups is 2. The zero-order valence-corrected chi connectivity index (χ0v) is 20.9. The van der Waals surface area contributed by atoms with E-state index in [1.807, 2.05) is 42.5 Å². The zero-order chi connectivity index (χ0) is 23.9. The fourth-order valence-electron chi connectivity index (χ4n) is 2.97. The Morgan fingerprint density at radius 2 is 1.85 bits per heavy atom. The Hall–Kier alpha value is -2.78. The normalized spacial score (nSPS) is 10.8. The molecule has 3 aromatic carbocycles. The molecule has 0 saturated heterocycles. The van der Waals surface area contributed by atoms with E-state index < -0.39 is 0 Å². The van der Waals surface area contributed by atoms with Gasteiger partial charge in [-0.25, -0.2) is 4.98 Å². The molecule has 0 fully saturated rings. The van der Waals surface area contributed by atoms with Crippen LogP contribution in [0.5, 0.6) is 5.75 Å². The van der Waals surface area contributed by atoms with Crippen LogP contribution < -0.4 is 15.4 Å². The minimum Gasteiger partial charge on any atom is -0.492 e. The number of hydrogen-bond donors (Lipinski definition) is 2. The van der Waals surface area contributed by atoms with Crippen molar-refractivity contribution in [3.8, 4) is 5.75 Å². The number of rotatable bonds is 9. The third kappa shape index (κ3) is 6.64. The number of nitrogens with zero attached hydrogens (tertiary/aromatic N) is 1. The van der Waals surface area contributed by atoms with Gasteiger partial charge in [0.25, 0.3) is 5.91 Å². The molecular formula is C24H19Cl2N3O3S2. The summed E-state index contributed by atoms with van der Waals surface area (Å²) in [5.74, 6) is 0.610. The lowest BCUT2D eigenvalue weighted by atomic mass is 10.2. The maximum Gasteiger partial charge on any atom is 0.257 e. The number of aromatic nitrogens is 1. The van der Waals surface area contributed by atoms with Crippen LogP contribution in [-0.2, 0) is 4.79 Å². The molecule has 0 spiro atoms. The van der Waals surface area contributed by atoms with Gasteiger partial charge in [-0.2, -0.15) is 0 Å². The molecule has 0 radical (unpaired) electrons. The van der Waals surface area contributed by atoms with Crippen LogP contribution in [0.1, 0.15) is 10.4 Å². The van der Waals surface area contributed by atoms with Gasteiger partial charge >= 0.3 is 0 Å². The summed E-state index contributed by atoms with van der Waals surface area (Å²) < 4.78 is 7.24. The molecule has 2 amide bonds. The summed E-state index contributed by atoms with van der Waals surface area (Å²) in [6, 6.07) is 19.6. The van der Waals surface area contributed by atoms with E-state index >= 15 is 0 Å². The molecule has 0 bridgehead atoms. The van der Waals surface area contributed by atoms with Crippen LogP contribution in [0.3, 0.4) is 0 Å². The molecule has 0 unspecified atom stereocenters. The predicted octanol–water partition coefficient (Wildman–Crippen LogP) is 6.14. The molecule has 0 atom stereocenters. The van der Waals surface area contributed by atoms with Crippen molar-refractivity contribution in [2.45, 2.75) is 4.34 Å². The number of para-hydroxylation sites is 1. The minimum atomic E-state index is -0.326. The third-order valence-electron chi connectivity index (χ3n) is 4.57. The highest BCUT2D eigenvalue weighted by atomic mass is 35.5. The largest absolute Gasteiger partial charge is 0.492 e. The molecule has 4 aromatic rings. The molecule has 4 rings (SSSR count). The van der Waals surface area contributed by atoms with Gasteiger partial charge in [0, 0.05) is 10.7 Å². The summed E-state index contributed by atoms with van der Waals surface area (Å²) in [5, 5.41) is 6.43. The number of amides is 2. The number of benzene rings is 3. The maximum absolute atomic E-state index is 12.5. The molecule has 6 nitrogen and oxygen atoms in total. The number of thioether (sulfide) groups is 1. The molecule has 1 aromatic heterocycles. The van der Waals surface area contributed by atoms with Crippen molar-refractivity contribution in [2.75, 3.05) is 24.2 Å². The van der Waals surface area contributed by atoms with Crippen molar-refractivity contribution < 1.29 is 14.3 Å². The van der Waals surface area contributed by atoms with Crippen LogP contribution in [0.2, 0.25) is 10.0 Å². The van der Waals surface area contributed by atoms with Gasteiger partial charge in [-0.05, 0) is 48.5 Å². The van der Waals surface area contributed by atoms with E-state index in [9.17, 15) is 9.59 Å². The summed E-state index contributed by atoms with van der Waals surface area (Å²) in [7, 11) is 0. The van der Waals surface area contributed by atoms with Crippen molar-refractivity contribution in [2.24, 2.45) is 0 Å². The quantitative estimate of drug-likeness (QED) is 0.200. The SMILES string of the molecule is O=C(CSc1nc2ccc(NC(=O)c3ccc(Cl)cc3Cl)cc2s1)NCCOc1ccccc1. The minimum absolute atomic E-state index is 0.0892. The Labute approximate surface area is 214 Å². The van der Waals surface area contributed by atoms with Crippen molar-refractivity contribution >= 4 is 74.0 Å². The number of ether oxygens (including phenoxy) is 1. The molecule has 0 aliphatic carbocycles. The van der Waals surface area contributed by atoms with Crippen molar-refractivity contribution in [3.63, 3.8) is 0 Å². The molecule has 2 N–H and O–H groups in total. The van der Waals surface area contributed by atoms with Crippen molar-refractivity contribution in [1.82, 2.24) is 10.3 Å². The van der Waals surface area contributed by atoms with Gasteiger partial charge < -0.3 is 15.4 Å². The number of hydrogen-bond acceptors (Lipinski definition) is 6. The third-order valence-corrected chi connectivity index (χ3v) is 7.27. The van der Waals surface area contributed by atoms with E-state index in [1.165, 1.54) is 29.2 Å². The number of halogens is 2. The van der Waals surface area contributed by atoms with Gasteiger partial charge in [-0.15, -0.1) is 11.3 Å². The number of anilines is 1. The summed E-state index contributed by atoms with van der Waals surface area (Å²) in [4.78, 5) is 29.2. The fourth-order valence-corrected chi connectivity index (χ4v) is 5.40. The highest BCUT2D eigenvalue weighted by molar-refractivity contribution is 8.01. The van der Waals surface area contributed by atoms with Gasteiger partial charge in [0.2, 0.25) is 5.91 Å². The Balaban J connectivity index is 1.28. The predicted molar refractivity (Wildman–Crippen MR) is 140 cm³/mol. The van der Waals surface area contributed by atoms with Crippen molar-refractivity contribution in [1.29, 1.82) is 0 Å². The lowest BCUT2D eigenvalue weighted by Gasteiger charge is -2.07. The molecule has 174 valence electrons. The fraction of sp³-hybridized carbons (Fsp3) is 0.125. The second-order valence-corrected chi connectivity index (χ2v) is 10.1. The number of fused-ring (bicyclic) bond motifs is 1. The molecule has 0 saturated carbocycles. The maximum atomic E-state index is 12.5. The van der Waals surface area contributed by atoms with E-state index in [0.717, 1.165) is 20.3 Å². The molecule has 0 aliphatic rings. The van der Waals surface area contributed by atoms with Gasteiger partial charge in [-0.3, -0.25) is 9.59 Å². The van der Waals surface area contributed by atoms with Crippen LogP contribution >= 0.6 is 46.3 Å². The highest BCUT2D eigenvalue weighted by Gasteiger charge is 2.13. The monoisotopic (exact) mass is 531 g/mol. The van der Waals surface area contributed by atoms with E-state index in [1.54, 1.807) is 18.2 Å². The number of nitrogens with one attached hydrogen (secondary N) is 2. The van der Waals surface area contributed by atoms with Gasteiger partial charge in [0.1, 0.15) is 12.4 Å². The first kappa shape index (κ1) is 24.3. The summed E-state index contributed by atoms with van der Waals surface area (Å²) in [5.41, 5.74) is 1.76. The van der Waals surface area contributed by atoms with Crippen LogP contribution in [0.15, 0.2) is 71.1 Å². The summed E-state index contributed by atoms with van der Waals surface area (Å²) in [6.45, 7) is 0.826. The first-order valence-corrected chi connectivity index (χ1v) is 12.8. The smallest absolute Gasteiger partial charge is 0.257 e. The molecular weight excluding hydrogens is 513 g/mol. The topological polar surface area (TPSA) is 80.3 Å². The van der Waals surface area contributed by atoms with Crippen LogP contribution in [0.25, 0.3) is 10.2 Å². The average molecular weight is 532 g/mol. The lowest BCUT2D eigenvalue weighted by Crippen LogP contribution is -2.29. The summed E-state index contributed by atoms with van der Waals surface area (Å²) in [6.07, 6.45) is 0. The standard InChI is InChI=1S/C24H19Cl2N3O3S2/c25-15-6-8-18(19(26)12-15)23(31)28-16-7-9-20-21(13-16)34-24(29-20)33-14-22(30)27-10-11-32-17-4-2-1-3-5-17/h1-9,12-13H,10-11,14H2,(H,27,30)(H,28,31). The van der Waals surface area contributed by atoms with Crippen LogP contribution in [0, 0.1) is 0 Å². The second kappa shape index (κ2) is 11.6. The molecule has 1 heterocycles. The second-order valence-electron chi connectivity index (χ2n) is 7.04. The highest BCUT2D eigenvalue weighted by Crippen LogP contribution is 2.31. The number of thiazole rings is 1. The molecule has 34 heavy (non-hydrogen) atoms. The lowest BCUT2D eigenvalue weighted by molar-refractivity contribution is -0.118. The first-order valence-electron chi connectivity index (χ1n) is 10.2. The summed E-state index contributed by atoms with van der Waals surface area (Å²) >= 11 is 14.8. The van der Waals surface area contributed by atoms with Crippen LogP contribution in [0.4, 0.5) is 5.69 Å². The molecule has 10 heteroatoms. The van der Waals surface area contributed by atoms with Gasteiger partial charge in [0.15, 0.2) is 4.34 Å².